The van der Waals surface area contributed by atoms with Crippen molar-refractivity contribution in [2.24, 2.45) is 0 Å². The van der Waals surface area contributed by atoms with Crippen LogP contribution in [0.1, 0.15) is 328 Å². The highest BCUT2D eigenvalue weighted by molar-refractivity contribution is 5.76. The molecular formula is C61H117NO5. The molecule has 0 aliphatic rings. The summed E-state index contributed by atoms with van der Waals surface area (Å²) in [7, 11) is 0. The first-order valence-corrected chi connectivity index (χ1v) is 30.1. The molecule has 0 spiro atoms. The molecule has 3 N–H and O–H groups in total. The van der Waals surface area contributed by atoms with E-state index in [-0.39, 0.29) is 18.5 Å². The second-order valence-corrected chi connectivity index (χ2v) is 20.7. The number of unbranched alkanes of at least 4 members (excludes halogenated alkanes) is 43. The van der Waals surface area contributed by atoms with Crippen molar-refractivity contribution in [3.05, 3.63) is 24.3 Å². The number of esters is 1. The first kappa shape index (κ1) is 65.3. The average molecular weight is 945 g/mol. The lowest BCUT2D eigenvalue weighted by atomic mass is 10.0. The number of carbonyl (C=O) groups is 2. The van der Waals surface area contributed by atoms with Crippen molar-refractivity contribution < 1.29 is 24.5 Å². The van der Waals surface area contributed by atoms with Crippen LogP contribution in [-0.4, -0.2) is 47.4 Å². The predicted octanol–water partition coefficient (Wildman–Crippen LogP) is 18.6. The standard InChI is InChI=1S/C61H117NO5/c1-3-5-7-9-11-13-15-16-17-24-28-31-35-39-43-47-51-55-61(66)67-56-52-48-44-40-36-32-29-26-23-21-19-18-20-22-25-27-30-34-38-42-46-50-54-60(65)62-58(57-63)59(64)53-49-45-41-37-33-14-12-10-8-6-4-2/h20,22,49,53,58-59,63-64H,3-19,21,23-48,50-52,54-57H2,1-2H3,(H,62,65)/b22-20-,53-49+. The van der Waals surface area contributed by atoms with Crippen LogP contribution in [0.25, 0.3) is 0 Å². The fraction of sp³-hybridized carbons (Fsp3) is 0.902. The number of allylic oxidation sites excluding steroid dienone is 3. The van der Waals surface area contributed by atoms with Gasteiger partial charge in [-0.3, -0.25) is 9.59 Å². The first-order chi connectivity index (χ1) is 33.0. The smallest absolute Gasteiger partial charge is 0.305 e. The van der Waals surface area contributed by atoms with Crippen molar-refractivity contribution in [3.8, 4) is 0 Å². The largest absolute Gasteiger partial charge is 0.466 e. The van der Waals surface area contributed by atoms with Gasteiger partial charge in [-0.1, -0.05) is 282 Å². The second-order valence-electron chi connectivity index (χ2n) is 20.7. The molecule has 6 heteroatoms. The highest BCUT2D eigenvalue weighted by atomic mass is 16.5. The third-order valence-corrected chi connectivity index (χ3v) is 14.0. The number of carbonyl (C=O) groups excluding carboxylic acids is 2. The highest BCUT2D eigenvalue weighted by Crippen LogP contribution is 2.17. The van der Waals surface area contributed by atoms with Crippen molar-refractivity contribution >= 4 is 11.9 Å². The van der Waals surface area contributed by atoms with Gasteiger partial charge >= 0.3 is 5.97 Å². The van der Waals surface area contributed by atoms with Gasteiger partial charge in [0.05, 0.1) is 25.4 Å². The molecule has 0 heterocycles. The van der Waals surface area contributed by atoms with Crippen molar-refractivity contribution in [2.45, 2.75) is 341 Å². The van der Waals surface area contributed by atoms with Gasteiger partial charge < -0.3 is 20.3 Å². The summed E-state index contributed by atoms with van der Waals surface area (Å²) in [5.41, 5.74) is 0. The Bertz CT molecular complexity index is 1040. The maximum absolute atomic E-state index is 12.4. The van der Waals surface area contributed by atoms with Crippen LogP contribution in [0.4, 0.5) is 0 Å². The number of hydrogen-bond donors (Lipinski definition) is 3. The summed E-state index contributed by atoms with van der Waals surface area (Å²) in [6.45, 7) is 4.90. The number of amides is 1. The summed E-state index contributed by atoms with van der Waals surface area (Å²) >= 11 is 0. The Hall–Kier alpha value is -1.66. The maximum atomic E-state index is 12.4. The van der Waals surface area contributed by atoms with E-state index in [0.717, 1.165) is 44.9 Å². The lowest BCUT2D eigenvalue weighted by molar-refractivity contribution is -0.143. The zero-order chi connectivity index (χ0) is 48.6. The molecule has 0 bridgehead atoms. The molecule has 0 aromatic carbocycles. The maximum Gasteiger partial charge on any atom is 0.305 e. The lowest BCUT2D eigenvalue weighted by Gasteiger charge is -2.20. The van der Waals surface area contributed by atoms with Crippen LogP contribution in [0.2, 0.25) is 0 Å². The van der Waals surface area contributed by atoms with Gasteiger partial charge in [-0.2, -0.15) is 0 Å². The molecule has 0 radical (unpaired) electrons. The Kier molecular flexibility index (Phi) is 55.5. The summed E-state index contributed by atoms with van der Waals surface area (Å²) in [4.78, 5) is 24.5. The van der Waals surface area contributed by atoms with Crippen molar-refractivity contribution in [1.82, 2.24) is 5.32 Å². The van der Waals surface area contributed by atoms with Crippen molar-refractivity contribution in [1.29, 1.82) is 0 Å². The molecule has 0 saturated heterocycles. The molecule has 396 valence electrons. The Morgan fingerprint density at radius 1 is 0.403 bits per heavy atom. The topological polar surface area (TPSA) is 95.9 Å². The fourth-order valence-corrected chi connectivity index (χ4v) is 9.34. The molecule has 6 nitrogen and oxygen atoms in total. The van der Waals surface area contributed by atoms with Gasteiger partial charge in [0.25, 0.3) is 0 Å². The molecule has 0 fully saturated rings. The van der Waals surface area contributed by atoms with E-state index in [4.69, 9.17) is 4.74 Å². The lowest BCUT2D eigenvalue weighted by Crippen LogP contribution is -2.45. The predicted molar refractivity (Wildman–Crippen MR) is 292 cm³/mol. The van der Waals surface area contributed by atoms with E-state index in [0.29, 0.717) is 19.4 Å². The van der Waals surface area contributed by atoms with Gasteiger partial charge in [-0.05, 0) is 57.8 Å². The number of nitrogens with one attached hydrogen (secondary N) is 1. The summed E-state index contributed by atoms with van der Waals surface area (Å²) in [6, 6.07) is -0.631. The van der Waals surface area contributed by atoms with Gasteiger partial charge in [0.2, 0.25) is 5.91 Å². The Labute approximate surface area is 418 Å². The van der Waals surface area contributed by atoms with Crippen LogP contribution < -0.4 is 5.32 Å². The minimum atomic E-state index is -0.847. The Morgan fingerprint density at radius 2 is 0.701 bits per heavy atom. The van der Waals surface area contributed by atoms with E-state index in [1.807, 2.05) is 6.08 Å². The van der Waals surface area contributed by atoms with Gasteiger partial charge in [-0.15, -0.1) is 0 Å². The Balaban J connectivity index is 3.39. The minimum absolute atomic E-state index is 0.0134. The van der Waals surface area contributed by atoms with Crippen LogP contribution >= 0.6 is 0 Å². The molecule has 0 aliphatic heterocycles. The number of aliphatic hydroxyl groups excluding tert-OH is 2. The monoisotopic (exact) mass is 944 g/mol. The van der Waals surface area contributed by atoms with Gasteiger partial charge in [0, 0.05) is 12.8 Å². The van der Waals surface area contributed by atoms with E-state index >= 15 is 0 Å². The molecule has 0 aliphatic carbocycles. The molecule has 2 unspecified atom stereocenters. The van der Waals surface area contributed by atoms with Gasteiger partial charge in [-0.25, -0.2) is 0 Å². The number of ether oxygens (including phenoxy) is 1. The normalized spacial score (nSPS) is 12.7. The number of aliphatic hydroxyl groups is 2. The summed E-state index contributed by atoms with van der Waals surface area (Å²) < 4.78 is 5.49. The zero-order valence-electron chi connectivity index (χ0n) is 45.1. The van der Waals surface area contributed by atoms with E-state index in [1.54, 1.807) is 6.08 Å². The molecule has 2 atom stereocenters. The van der Waals surface area contributed by atoms with Crippen LogP contribution in [0.3, 0.4) is 0 Å². The molecule has 67 heavy (non-hydrogen) atoms. The van der Waals surface area contributed by atoms with Crippen LogP contribution in [0, 0.1) is 0 Å². The molecule has 0 rings (SSSR count). The molecule has 0 aromatic heterocycles. The third-order valence-electron chi connectivity index (χ3n) is 14.0. The summed E-state index contributed by atoms with van der Waals surface area (Å²) in [5, 5.41) is 23.0. The van der Waals surface area contributed by atoms with Crippen LogP contribution in [0.5, 0.6) is 0 Å². The van der Waals surface area contributed by atoms with E-state index in [1.165, 1.54) is 257 Å². The molecule has 0 aromatic rings. The molecule has 0 saturated carbocycles. The Morgan fingerprint density at radius 3 is 1.06 bits per heavy atom. The zero-order valence-corrected chi connectivity index (χ0v) is 45.1. The number of rotatable bonds is 56. The van der Waals surface area contributed by atoms with E-state index < -0.39 is 12.1 Å². The summed E-state index contributed by atoms with van der Waals surface area (Å²) in [6.07, 6.45) is 69.3. The van der Waals surface area contributed by atoms with Crippen LogP contribution in [-0.2, 0) is 14.3 Å². The third kappa shape index (κ3) is 53.5. The first-order valence-electron chi connectivity index (χ1n) is 30.1. The van der Waals surface area contributed by atoms with E-state index in [2.05, 4.69) is 31.3 Å². The highest BCUT2D eigenvalue weighted by Gasteiger charge is 2.18. The minimum Gasteiger partial charge on any atom is -0.466 e. The second kappa shape index (κ2) is 56.9. The quantitative estimate of drug-likeness (QED) is 0.0321. The number of hydrogen-bond acceptors (Lipinski definition) is 5. The van der Waals surface area contributed by atoms with Gasteiger partial charge in [0.15, 0.2) is 0 Å². The fourth-order valence-electron chi connectivity index (χ4n) is 9.34. The van der Waals surface area contributed by atoms with Crippen molar-refractivity contribution in [3.63, 3.8) is 0 Å². The molecular weight excluding hydrogens is 827 g/mol. The SMILES string of the molecule is CCCCCCCCCCC/C=C/C(O)C(CO)NC(=O)CCCCCCCCC/C=C\CCCCCCCCCCCCCOC(=O)CCCCCCCCCCCCCCCCCCC. The van der Waals surface area contributed by atoms with Crippen molar-refractivity contribution in [2.75, 3.05) is 13.2 Å². The summed E-state index contributed by atoms with van der Waals surface area (Å²) in [5.74, 6) is -0.0622. The van der Waals surface area contributed by atoms with Crippen LogP contribution in [0.15, 0.2) is 24.3 Å². The van der Waals surface area contributed by atoms with E-state index in [9.17, 15) is 19.8 Å². The van der Waals surface area contributed by atoms with Gasteiger partial charge in [0.1, 0.15) is 0 Å². The molecule has 1 amide bonds. The average Bonchev–Trinajstić information content (AvgIpc) is 3.33.